The Morgan fingerprint density at radius 2 is 2.13 bits per heavy atom. The van der Waals surface area contributed by atoms with Gasteiger partial charge in [-0.3, -0.25) is 9.59 Å². The summed E-state index contributed by atoms with van der Waals surface area (Å²) in [6.07, 6.45) is 3.33. The molecule has 2 rings (SSSR count). The van der Waals surface area contributed by atoms with E-state index >= 15 is 0 Å². The first-order chi connectivity index (χ1) is 10.6. The second kappa shape index (κ2) is 9.90. The molecule has 23 heavy (non-hydrogen) atoms. The Bertz CT molecular complexity index is 542. The standard InChI is InChI=1S/C16H22BrN3O2.ClH/c17-13-5-3-4-12(10-13)16(22)20-9-2-1-6-14(20)11-19-15(21)7-8-18;/h3-5,10,14H,1-2,6-9,11,18H2,(H,19,21);1H. The van der Waals surface area contributed by atoms with Crippen molar-refractivity contribution >= 4 is 40.2 Å². The molecule has 1 unspecified atom stereocenters. The third-order valence-corrected chi connectivity index (χ3v) is 4.36. The monoisotopic (exact) mass is 403 g/mol. The molecule has 1 fully saturated rings. The maximum Gasteiger partial charge on any atom is 0.254 e. The van der Waals surface area contributed by atoms with Crippen molar-refractivity contribution in [2.45, 2.75) is 31.7 Å². The molecule has 1 aliphatic heterocycles. The van der Waals surface area contributed by atoms with Crippen molar-refractivity contribution in [2.24, 2.45) is 5.73 Å². The van der Waals surface area contributed by atoms with E-state index in [0.717, 1.165) is 30.3 Å². The second-order valence-corrected chi connectivity index (χ2v) is 6.42. The van der Waals surface area contributed by atoms with E-state index in [9.17, 15) is 9.59 Å². The summed E-state index contributed by atoms with van der Waals surface area (Å²) in [5.41, 5.74) is 6.05. The molecule has 0 aromatic heterocycles. The van der Waals surface area contributed by atoms with E-state index in [0.29, 0.717) is 25.1 Å². The molecule has 0 radical (unpaired) electrons. The first-order valence-corrected chi connectivity index (χ1v) is 8.44. The molecule has 1 saturated heterocycles. The van der Waals surface area contributed by atoms with Crippen LogP contribution >= 0.6 is 28.3 Å². The van der Waals surface area contributed by atoms with Crippen molar-refractivity contribution in [3.63, 3.8) is 0 Å². The molecule has 1 atom stereocenters. The van der Waals surface area contributed by atoms with E-state index < -0.39 is 0 Å². The molecule has 1 aromatic carbocycles. The van der Waals surface area contributed by atoms with Gasteiger partial charge in [-0.2, -0.15) is 0 Å². The number of halogens is 2. The van der Waals surface area contributed by atoms with Gasteiger partial charge in [0.2, 0.25) is 5.91 Å². The SMILES string of the molecule is Cl.NCCC(=O)NCC1CCCCN1C(=O)c1cccc(Br)c1. The molecule has 128 valence electrons. The summed E-state index contributed by atoms with van der Waals surface area (Å²) in [5, 5.41) is 2.88. The molecule has 7 heteroatoms. The van der Waals surface area contributed by atoms with Crippen molar-refractivity contribution < 1.29 is 9.59 Å². The van der Waals surface area contributed by atoms with Crippen LogP contribution < -0.4 is 11.1 Å². The number of benzene rings is 1. The van der Waals surface area contributed by atoms with Crippen molar-refractivity contribution in [1.29, 1.82) is 0 Å². The number of amides is 2. The Balaban J connectivity index is 0.00000264. The van der Waals surface area contributed by atoms with Crippen LogP contribution in [0.25, 0.3) is 0 Å². The normalized spacial score (nSPS) is 17.3. The molecule has 1 heterocycles. The lowest BCUT2D eigenvalue weighted by Gasteiger charge is -2.36. The van der Waals surface area contributed by atoms with Crippen LogP contribution in [0.3, 0.4) is 0 Å². The Labute approximate surface area is 151 Å². The fraction of sp³-hybridized carbons (Fsp3) is 0.500. The number of hydrogen-bond donors (Lipinski definition) is 2. The highest BCUT2D eigenvalue weighted by molar-refractivity contribution is 9.10. The molecule has 0 spiro atoms. The summed E-state index contributed by atoms with van der Waals surface area (Å²) in [6, 6.07) is 7.48. The van der Waals surface area contributed by atoms with E-state index in [2.05, 4.69) is 21.2 Å². The predicted molar refractivity (Wildman–Crippen MR) is 96.7 cm³/mol. The van der Waals surface area contributed by atoms with E-state index in [4.69, 9.17) is 5.73 Å². The van der Waals surface area contributed by atoms with Gasteiger partial charge in [-0.15, -0.1) is 12.4 Å². The molecule has 3 N–H and O–H groups in total. The summed E-state index contributed by atoms with van der Waals surface area (Å²) in [6.45, 7) is 1.58. The molecule has 5 nitrogen and oxygen atoms in total. The highest BCUT2D eigenvalue weighted by Crippen LogP contribution is 2.21. The fourth-order valence-electron chi connectivity index (χ4n) is 2.72. The number of likely N-dealkylation sites (tertiary alicyclic amines) is 1. The van der Waals surface area contributed by atoms with Crippen molar-refractivity contribution in [1.82, 2.24) is 10.2 Å². The molecule has 0 saturated carbocycles. The van der Waals surface area contributed by atoms with Crippen LogP contribution in [0.5, 0.6) is 0 Å². The minimum absolute atomic E-state index is 0. The average Bonchev–Trinajstić information content (AvgIpc) is 2.53. The minimum Gasteiger partial charge on any atom is -0.354 e. The lowest BCUT2D eigenvalue weighted by molar-refractivity contribution is -0.121. The van der Waals surface area contributed by atoms with E-state index in [1.165, 1.54) is 0 Å². The number of nitrogens with two attached hydrogens (primary N) is 1. The second-order valence-electron chi connectivity index (χ2n) is 5.50. The Hall–Kier alpha value is -1.11. The number of nitrogens with zero attached hydrogens (tertiary/aromatic N) is 1. The van der Waals surface area contributed by atoms with Crippen LogP contribution in [-0.4, -0.2) is 42.4 Å². The molecule has 0 aliphatic carbocycles. The van der Waals surface area contributed by atoms with Gasteiger partial charge in [0.05, 0.1) is 0 Å². The van der Waals surface area contributed by atoms with Gasteiger partial charge in [0, 0.05) is 42.1 Å². The zero-order valence-corrected chi connectivity index (χ0v) is 15.4. The van der Waals surface area contributed by atoms with E-state index in [-0.39, 0.29) is 30.3 Å². The van der Waals surface area contributed by atoms with Crippen LogP contribution in [0.1, 0.15) is 36.0 Å². The smallest absolute Gasteiger partial charge is 0.254 e. The first-order valence-electron chi connectivity index (χ1n) is 7.65. The summed E-state index contributed by atoms with van der Waals surface area (Å²) >= 11 is 3.40. The zero-order valence-electron chi connectivity index (χ0n) is 13.0. The fourth-order valence-corrected chi connectivity index (χ4v) is 3.12. The predicted octanol–water partition coefficient (Wildman–Crippen LogP) is 2.33. The quantitative estimate of drug-likeness (QED) is 0.791. The minimum atomic E-state index is -0.0528. The van der Waals surface area contributed by atoms with Gasteiger partial charge in [0.1, 0.15) is 0 Å². The number of carbonyl (C=O) groups is 2. The van der Waals surface area contributed by atoms with Gasteiger partial charge in [0.25, 0.3) is 5.91 Å². The van der Waals surface area contributed by atoms with Crippen molar-refractivity contribution in [3.05, 3.63) is 34.3 Å². The van der Waals surface area contributed by atoms with Gasteiger partial charge in [-0.1, -0.05) is 22.0 Å². The van der Waals surface area contributed by atoms with Gasteiger partial charge < -0.3 is 16.0 Å². The van der Waals surface area contributed by atoms with Crippen molar-refractivity contribution in [2.75, 3.05) is 19.6 Å². The lowest BCUT2D eigenvalue weighted by Crippen LogP contribution is -2.49. The largest absolute Gasteiger partial charge is 0.354 e. The van der Waals surface area contributed by atoms with Crippen LogP contribution in [0.2, 0.25) is 0 Å². The zero-order chi connectivity index (χ0) is 15.9. The molecule has 2 amide bonds. The highest BCUT2D eigenvalue weighted by Gasteiger charge is 2.27. The van der Waals surface area contributed by atoms with Gasteiger partial charge in [0.15, 0.2) is 0 Å². The van der Waals surface area contributed by atoms with E-state index in [1.807, 2.05) is 29.2 Å². The summed E-state index contributed by atoms with van der Waals surface area (Å²) in [4.78, 5) is 26.2. The van der Waals surface area contributed by atoms with Gasteiger partial charge in [-0.25, -0.2) is 0 Å². The van der Waals surface area contributed by atoms with Crippen LogP contribution in [-0.2, 0) is 4.79 Å². The van der Waals surface area contributed by atoms with Crippen LogP contribution in [0, 0.1) is 0 Å². The Morgan fingerprint density at radius 1 is 1.35 bits per heavy atom. The van der Waals surface area contributed by atoms with Crippen LogP contribution in [0.15, 0.2) is 28.7 Å². The number of nitrogens with one attached hydrogen (secondary N) is 1. The lowest BCUT2D eigenvalue weighted by atomic mass is 10.0. The highest BCUT2D eigenvalue weighted by atomic mass is 79.9. The molecule has 1 aromatic rings. The number of piperidine rings is 1. The van der Waals surface area contributed by atoms with E-state index in [1.54, 1.807) is 0 Å². The number of carbonyl (C=O) groups excluding carboxylic acids is 2. The maximum atomic E-state index is 12.7. The Kier molecular flexibility index (Phi) is 8.58. The van der Waals surface area contributed by atoms with Gasteiger partial charge in [-0.05, 0) is 37.5 Å². The topological polar surface area (TPSA) is 75.4 Å². The molecule has 1 aliphatic rings. The van der Waals surface area contributed by atoms with Crippen LogP contribution in [0.4, 0.5) is 0 Å². The summed E-state index contributed by atoms with van der Waals surface area (Å²) in [7, 11) is 0. The van der Waals surface area contributed by atoms with Gasteiger partial charge >= 0.3 is 0 Å². The third kappa shape index (κ3) is 5.79. The average molecular weight is 405 g/mol. The Morgan fingerprint density at radius 3 is 2.83 bits per heavy atom. The number of rotatable bonds is 5. The molecular formula is C16H23BrClN3O2. The van der Waals surface area contributed by atoms with Crippen molar-refractivity contribution in [3.8, 4) is 0 Å². The molecular weight excluding hydrogens is 382 g/mol. The number of hydrogen-bond acceptors (Lipinski definition) is 3. The third-order valence-electron chi connectivity index (χ3n) is 3.87. The summed E-state index contributed by atoms with van der Waals surface area (Å²) < 4.78 is 0.892. The summed E-state index contributed by atoms with van der Waals surface area (Å²) in [5.74, 6) is -0.0259. The maximum absolute atomic E-state index is 12.7. The molecule has 0 bridgehead atoms. The first kappa shape index (κ1) is 19.9.